The summed E-state index contributed by atoms with van der Waals surface area (Å²) >= 11 is 0. The molecular formula is C26H28N6O3. The number of nitrogens with zero attached hydrogens (tertiary/aromatic N) is 6. The van der Waals surface area contributed by atoms with Gasteiger partial charge in [0.15, 0.2) is 5.58 Å². The number of aryl methyl sites for hydroxylation is 2. The van der Waals surface area contributed by atoms with E-state index in [0.717, 1.165) is 59.0 Å². The maximum absolute atomic E-state index is 13.6. The van der Waals surface area contributed by atoms with Crippen molar-refractivity contribution in [1.29, 1.82) is 0 Å². The van der Waals surface area contributed by atoms with Crippen molar-refractivity contribution in [3.63, 3.8) is 0 Å². The molecule has 0 amide bonds. The van der Waals surface area contributed by atoms with Gasteiger partial charge in [-0.25, -0.2) is 4.79 Å². The van der Waals surface area contributed by atoms with Crippen LogP contribution in [0.1, 0.15) is 39.2 Å². The highest BCUT2D eigenvalue weighted by Crippen LogP contribution is 2.38. The number of fused-ring (bicyclic) bond motifs is 3. The molecule has 0 aliphatic carbocycles. The Labute approximate surface area is 201 Å². The van der Waals surface area contributed by atoms with Gasteiger partial charge in [0, 0.05) is 55.1 Å². The van der Waals surface area contributed by atoms with Crippen LogP contribution in [0.15, 0.2) is 52.2 Å². The minimum Gasteiger partial charge on any atom is -0.452 e. The Hall–Kier alpha value is -3.72. The SMILES string of the molecule is CC[C@H]1C[C@@H](n2c(=O)nc(-c3cnn(C)c3)c3oc4ccc(-c5cnn(CC)c5)cc4c32)CCO1. The van der Waals surface area contributed by atoms with E-state index in [9.17, 15) is 4.79 Å². The summed E-state index contributed by atoms with van der Waals surface area (Å²) in [4.78, 5) is 18.1. The Morgan fingerprint density at radius 3 is 2.69 bits per heavy atom. The van der Waals surface area contributed by atoms with Crippen molar-refractivity contribution in [2.45, 2.75) is 51.8 Å². The van der Waals surface area contributed by atoms with Gasteiger partial charge in [-0.1, -0.05) is 13.0 Å². The van der Waals surface area contributed by atoms with Crippen LogP contribution in [-0.4, -0.2) is 41.8 Å². The normalized spacial score (nSPS) is 18.6. The van der Waals surface area contributed by atoms with Crippen molar-refractivity contribution in [1.82, 2.24) is 29.1 Å². The lowest BCUT2D eigenvalue weighted by Crippen LogP contribution is -2.34. The smallest absolute Gasteiger partial charge is 0.349 e. The topological polar surface area (TPSA) is 92.9 Å². The van der Waals surface area contributed by atoms with Crippen LogP contribution < -0.4 is 5.69 Å². The van der Waals surface area contributed by atoms with E-state index >= 15 is 0 Å². The molecule has 180 valence electrons. The van der Waals surface area contributed by atoms with Gasteiger partial charge >= 0.3 is 5.69 Å². The van der Waals surface area contributed by atoms with Gasteiger partial charge in [0.1, 0.15) is 16.8 Å². The molecule has 9 nitrogen and oxygen atoms in total. The maximum atomic E-state index is 13.6. The van der Waals surface area contributed by atoms with Crippen molar-refractivity contribution in [2.24, 2.45) is 7.05 Å². The van der Waals surface area contributed by atoms with Crippen LogP contribution in [0.25, 0.3) is 44.5 Å². The molecule has 35 heavy (non-hydrogen) atoms. The second-order valence-corrected chi connectivity index (χ2v) is 9.17. The molecule has 5 aromatic rings. The number of furan rings is 1. The van der Waals surface area contributed by atoms with Gasteiger partial charge in [-0.3, -0.25) is 13.9 Å². The van der Waals surface area contributed by atoms with Crippen molar-refractivity contribution in [3.05, 3.63) is 53.5 Å². The first kappa shape index (κ1) is 21.8. The average Bonchev–Trinajstić information content (AvgIpc) is 3.61. The zero-order valence-corrected chi connectivity index (χ0v) is 20.1. The van der Waals surface area contributed by atoms with Crippen LogP contribution >= 0.6 is 0 Å². The summed E-state index contributed by atoms with van der Waals surface area (Å²) in [6, 6.07) is 6.08. The first-order chi connectivity index (χ1) is 17.1. The molecule has 5 heterocycles. The van der Waals surface area contributed by atoms with E-state index in [0.29, 0.717) is 17.9 Å². The Bertz CT molecular complexity index is 1590. The highest BCUT2D eigenvalue weighted by molar-refractivity contribution is 6.07. The van der Waals surface area contributed by atoms with Gasteiger partial charge in [-0.05, 0) is 43.9 Å². The lowest BCUT2D eigenvalue weighted by atomic mass is 10.0. The molecule has 1 saturated heterocycles. The molecule has 1 aromatic carbocycles. The predicted octanol–water partition coefficient (Wildman–Crippen LogP) is 4.56. The summed E-state index contributed by atoms with van der Waals surface area (Å²) in [7, 11) is 1.84. The second kappa shape index (κ2) is 8.49. The number of aromatic nitrogens is 6. The van der Waals surface area contributed by atoms with E-state index < -0.39 is 0 Å². The fourth-order valence-electron chi connectivity index (χ4n) is 5.10. The van der Waals surface area contributed by atoms with Gasteiger partial charge < -0.3 is 9.15 Å². The molecule has 0 saturated carbocycles. The summed E-state index contributed by atoms with van der Waals surface area (Å²) in [5.74, 6) is 0. The minimum absolute atomic E-state index is 0.00792. The molecule has 1 fully saturated rings. The molecule has 1 aliphatic rings. The highest BCUT2D eigenvalue weighted by atomic mass is 16.5. The largest absolute Gasteiger partial charge is 0.452 e. The van der Waals surface area contributed by atoms with Crippen LogP contribution in [0, 0.1) is 0 Å². The van der Waals surface area contributed by atoms with Crippen molar-refractivity contribution >= 4 is 22.1 Å². The third-order valence-corrected chi connectivity index (χ3v) is 6.96. The first-order valence-electron chi connectivity index (χ1n) is 12.2. The van der Waals surface area contributed by atoms with E-state index in [2.05, 4.69) is 35.1 Å². The second-order valence-electron chi connectivity index (χ2n) is 9.17. The van der Waals surface area contributed by atoms with Crippen LogP contribution in [0.2, 0.25) is 0 Å². The van der Waals surface area contributed by atoms with Gasteiger partial charge in [-0.15, -0.1) is 0 Å². The first-order valence-corrected chi connectivity index (χ1v) is 12.2. The number of hydrogen-bond donors (Lipinski definition) is 0. The molecule has 0 bridgehead atoms. The number of rotatable bonds is 5. The monoisotopic (exact) mass is 472 g/mol. The molecule has 6 rings (SSSR count). The van der Waals surface area contributed by atoms with Crippen LogP contribution in [0.4, 0.5) is 0 Å². The minimum atomic E-state index is -0.273. The lowest BCUT2D eigenvalue weighted by Gasteiger charge is -2.30. The van der Waals surface area contributed by atoms with Gasteiger partial charge in [0.05, 0.1) is 18.5 Å². The Balaban J connectivity index is 1.63. The molecule has 4 aromatic heterocycles. The number of benzene rings is 1. The summed E-state index contributed by atoms with van der Waals surface area (Å²) in [5, 5.41) is 9.60. The van der Waals surface area contributed by atoms with Crippen molar-refractivity contribution in [3.8, 4) is 22.4 Å². The molecule has 0 unspecified atom stereocenters. The molecule has 0 spiro atoms. The van der Waals surface area contributed by atoms with Gasteiger partial charge in [-0.2, -0.15) is 15.2 Å². The molecule has 0 N–H and O–H groups in total. The van der Waals surface area contributed by atoms with Gasteiger partial charge in [0.25, 0.3) is 0 Å². The van der Waals surface area contributed by atoms with E-state index in [4.69, 9.17) is 9.15 Å². The van der Waals surface area contributed by atoms with Crippen molar-refractivity contribution in [2.75, 3.05) is 6.61 Å². The predicted molar refractivity (Wildman–Crippen MR) is 133 cm³/mol. The van der Waals surface area contributed by atoms with Crippen molar-refractivity contribution < 1.29 is 9.15 Å². The molecule has 1 aliphatic heterocycles. The zero-order valence-electron chi connectivity index (χ0n) is 20.1. The Morgan fingerprint density at radius 2 is 1.94 bits per heavy atom. The third-order valence-electron chi connectivity index (χ3n) is 6.96. The van der Waals surface area contributed by atoms with E-state index in [1.807, 2.05) is 47.0 Å². The molecule has 9 heteroatoms. The standard InChI is InChI=1S/C26H28N6O3/c1-4-20-11-19(8-9-34-20)32-24-21-10-16(17-12-28-31(5-2)15-17)6-7-22(21)35-25(24)23(29-26(32)33)18-13-27-30(3)14-18/h6-7,10,12-15,19-20H,4-5,8-9,11H2,1-3H3/t19-,20-/m0/s1. The quantitative estimate of drug-likeness (QED) is 0.372. The Morgan fingerprint density at radius 1 is 1.09 bits per heavy atom. The summed E-state index contributed by atoms with van der Waals surface area (Å²) in [5.41, 5.74) is 5.15. The third kappa shape index (κ3) is 3.67. The van der Waals surface area contributed by atoms with Crippen LogP contribution in [0.5, 0.6) is 0 Å². The molecule has 0 radical (unpaired) electrons. The fourth-order valence-corrected chi connectivity index (χ4v) is 5.10. The number of ether oxygens (including phenoxy) is 1. The molecular weight excluding hydrogens is 444 g/mol. The highest BCUT2D eigenvalue weighted by Gasteiger charge is 2.29. The van der Waals surface area contributed by atoms with Crippen LogP contribution in [0.3, 0.4) is 0 Å². The Kier molecular flexibility index (Phi) is 5.29. The van der Waals surface area contributed by atoms with Gasteiger partial charge in [0.2, 0.25) is 0 Å². The summed E-state index contributed by atoms with van der Waals surface area (Å²) in [6.45, 7) is 5.61. The van der Waals surface area contributed by atoms with E-state index in [-0.39, 0.29) is 17.8 Å². The number of hydrogen-bond acceptors (Lipinski definition) is 6. The van der Waals surface area contributed by atoms with Crippen LogP contribution in [-0.2, 0) is 18.3 Å². The average molecular weight is 473 g/mol. The molecule has 2 atom stereocenters. The van der Waals surface area contributed by atoms with E-state index in [1.54, 1.807) is 10.9 Å². The maximum Gasteiger partial charge on any atom is 0.349 e. The fraction of sp³-hybridized carbons (Fsp3) is 0.385. The lowest BCUT2D eigenvalue weighted by molar-refractivity contribution is -0.00709. The van der Waals surface area contributed by atoms with E-state index in [1.165, 1.54) is 0 Å². The zero-order chi connectivity index (χ0) is 24.1. The summed E-state index contributed by atoms with van der Waals surface area (Å²) in [6.07, 6.45) is 10.0. The summed E-state index contributed by atoms with van der Waals surface area (Å²) < 4.78 is 17.7.